The highest BCUT2D eigenvalue weighted by Gasteiger charge is 2.23. The van der Waals surface area contributed by atoms with Gasteiger partial charge in [-0.1, -0.05) is 30.8 Å². The Hall–Kier alpha value is -1.78. The average Bonchev–Trinajstić information content (AvgIpc) is 2.59. The van der Waals surface area contributed by atoms with Crippen molar-refractivity contribution in [3.05, 3.63) is 48.0 Å². The van der Waals surface area contributed by atoms with Crippen molar-refractivity contribution < 1.29 is 4.79 Å². The third-order valence-corrected chi connectivity index (χ3v) is 5.37. The Morgan fingerprint density at radius 2 is 1.83 bits per heavy atom. The minimum Gasteiger partial charge on any atom is -0.340 e. The lowest BCUT2D eigenvalue weighted by Crippen LogP contribution is -2.25. The summed E-state index contributed by atoms with van der Waals surface area (Å²) in [6.45, 7) is 3.95. The van der Waals surface area contributed by atoms with Gasteiger partial charge in [-0.05, 0) is 57.4 Å². The SMILES string of the molecule is CCC(=O)c1ccc2c(c1)Sc1ccccc1N2CCCN(C)C. The van der Waals surface area contributed by atoms with Gasteiger partial charge in [0.15, 0.2) is 5.78 Å². The monoisotopic (exact) mass is 340 g/mol. The van der Waals surface area contributed by atoms with Crippen molar-refractivity contribution in [1.29, 1.82) is 0 Å². The summed E-state index contributed by atoms with van der Waals surface area (Å²) in [5.74, 6) is 0.205. The van der Waals surface area contributed by atoms with Crippen molar-refractivity contribution in [2.45, 2.75) is 29.6 Å². The zero-order valence-electron chi connectivity index (χ0n) is 14.6. The van der Waals surface area contributed by atoms with Gasteiger partial charge in [0, 0.05) is 28.3 Å². The summed E-state index contributed by atoms with van der Waals surface area (Å²) < 4.78 is 0. The van der Waals surface area contributed by atoms with E-state index in [1.807, 2.05) is 13.0 Å². The molecule has 0 radical (unpaired) electrons. The molecule has 0 N–H and O–H groups in total. The van der Waals surface area contributed by atoms with Gasteiger partial charge in [0.2, 0.25) is 0 Å². The van der Waals surface area contributed by atoms with Gasteiger partial charge in [0.25, 0.3) is 0 Å². The highest BCUT2D eigenvalue weighted by molar-refractivity contribution is 7.99. The Morgan fingerprint density at radius 1 is 1.08 bits per heavy atom. The first-order valence-corrected chi connectivity index (χ1v) is 9.28. The maximum absolute atomic E-state index is 12.0. The van der Waals surface area contributed by atoms with Crippen LogP contribution in [0.3, 0.4) is 0 Å². The minimum absolute atomic E-state index is 0.205. The van der Waals surface area contributed by atoms with Gasteiger partial charge in [-0.3, -0.25) is 4.79 Å². The van der Waals surface area contributed by atoms with Gasteiger partial charge < -0.3 is 9.80 Å². The van der Waals surface area contributed by atoms with E-state index >= 15 is 0 Å². The van der Waals surface area contributed by atoms with E-state index in [0.29, 0.717) is 6.42 Å². The second-order valence-corrected chi connectivity index (χ2v) is 7.42. The highest BCUT2D eigenvalue weighted by Crippen LogP contribution is 2.48. The van der Waals surface area contributed by atoms with Gasteiger partial charge >= 0.3 is 0 Å². The van der Waals surface area contributed by atoms with E-state index in [-0.39, 0.29) is 5.78 Å². The Balaban J connectivity index is 1.95. The number of carbonyl (C=O) groups is 1. The van der Waals surface area contributed by atoms with E-state index in [0.717, 1.165) is 25.1 Å². The summed E-state index contributed by atoms with van der Waals surface area (Å²) in [6, 6.07) is 14.7. The van der Waals surface area contributed by atoms with Gasteiger partial charge in [-0.15, -0.1) is 0 Å². The van der Waals surface area contributed by atoms with Crippen molar-refractivity contribution in [1.82, 2.24) is 4.90 Å². The number of carbonyl (C=O) groups excluding carboxylic acids is 1. The number of nitrogens with zero attached hydrogens (tertiary/aromatic N) is 2. The van der Waals surface area contributed by atoms with E-state index in [4.69, 9.17) is 0 Å². The molecule has 2 aromatic rings. The lowest BCUT2D eigenvalue weighted by Gasteiger charge is -2.33. The van der Waals surface area contributed by atoms with E-state index in [1.54, 1.807) is 11.8 Å². The van der Waals surface area contributed by atoms with Gasteiger partial charge in [0.1, 0.15) is 0 Å². The van der Waals surface area contributed by atoms with E-state index in [9.17, 15) is 4.79 Å². The molecular weight excluding hydrogens is 316 g/mol. The number of anilines is 2. The topological polar surface area (TPSA) is 23.6 Å². The molecule has 3 nitrogen and oxygen atoms in total. The number of Topliss-reactive ketones (excluding diaryl/α,β-unsaturated/α-hetero) is 1. The molecule has 2 aromatic carbocycles. The third-order valence-electron chi connectivity index (χ3n) is 4.26. The fourth-order valence-corrected chi connectivity index (χ4v) is 4.13. The van der Waals surface area contributed by atoms with Gasteiger partial charge in [-0.25, -0.2) is 0 Å². The molecule has 0 unspecified atom stereocenters. The number of rotatable bonds is 6. The molecule has 3 rings (SSSR count). The van der Waals surface area contributed by atoms with Crippen molar-refractivity contribution in [3.8, 4) is 0 Å². The quantitative estimate of drug-likeness (QED) is 0.703. The summed E-state index contributed by atoms with van der Waals surface area (Å²) in [4.78, 5) is 19.1. The molecule has 1 aliphatic rings. The lowest BCUT2D eigenvalue weighted by atomic mass is 10.1. The van der Waals surface area contributed by atoms with Crippen molar-refractivity contribution >= 4 is 28.9 Å². The standard InChI is InChI=1S/C20H24N2OS/c1-4-18(23)15-10-11-17-20(14-15)24-19-9-6-5-8-16(19)22(17)13-7-12-21(2)3/h5-6,8-11,14H,4,7,12-13H2,1-3H3. The average molecular weight is 340 g/mol. The van der Waals surface area contributed by atoms with Gasteiger partial charge in [0.05, 0.1) is 11.4 Å². The molecule has 0 saturated heterocycles. The van der Waals surface area contributed by atoms with E-state index < -0.39 is 0 Å². The van der Waals surface area contributed by atoms with Crippen LogP contribution in [0.4, 0.5) is 11.4 Å². The van der Waals surface area contributed by atoms with Crippen molar-refractivity contribution in [2.75, 3.05) is 32.1 Å². The number of hydrogen-bond acceptors (Lipinski definition) is 4. The summed E-state index contributed by atoms with van der Waals surface area (Å²) >= 11 is 1.76. The number of para-hydroxylation sites is 1. The van der Waals surface area contributed by atoms with Crippen LogP contribution in [0.1, 0.15) is 30.1 Å². The highest BCUT2D eigenvalue weighted by atomic mass is 32.2. The van der Waals surface area contributed by atoms with E-state index in [2.05, 4.69) is 60.3 Å². The largest absolute Gasteiger partial charge is 0.340 e. The first-order chi connectivity index (χ1) is 11.6. The molecule has 0 saturated carbocycles. The molecule has 0 aromatic heterocycles. The Morgan fingerprint density at radius 3 is 2.58 bits per heavy atom. The van der Waals surface area contributed by atoms with Crippen LogP contribution in [0.25, 0.3) is 0 Å². The smallest absolute Gasteiger partial charge is 0.162 e. The zero-order valence-corrected chi connectivity index (χ0v) is 15.4. The fourth-order valence-electron chi connectivity index (χ4n) is 3.00. The lowest BCUT2D eigenvalue weighted by molar-refractivity contribution is 0.0988. The summed E-state index contributed by atoms with van der Waals surface area (Å²) in [5.41, 5.74) is 3.30. The molecule has 24 heavy (non-hydrogen) atoms. The molecule has 1 heterocycles. The number of benzene rings is 2. The van der Waals surface area contributed by atoms with Crippen LogP contribution < -0.4 is 4.90 Å². The third kappa shape index (κ3) is 3.50. The normalized spacial score (nSPS) is 12.9. The predicted octanol–water partition coefficient (Wildman–Crippen LogP) is 4.83. The maximum atomic E-state index is 12.0. The molecule has 4 heteroatoms. The summed E-state index contributed by atoms with van der Waals surface area (Å²) in [6.07, 6.45) is 1.65. The van der Waals surface area contributed by atoms with Crippen LogP contribution in [0, 0.1) is 0 Å². The molecule has 1 aliphatic heterocycles. The molecule has 0 spiro atoms. The molecule has 0 bridgehead atoms. The Bertz CT molecular complexity index is 742. The number of ketones is 1. The molecule has 0 amide bonds. The predicted molar refractivity (Wildman–Crippen MR) is 102 cm³/mol. The maximum Gasteiger partial charge on any atom is 0.162 e. The Kier molecular flexibility index (Phi) is 5.27. The fraction of sp³-hybridized carbons (Fsp3) is 0.350. The van der Waals surface area contributed by atoms with Crippen molar-refractivity contribution in [2.24, 2.45) is 0 Å². The van der Waals surface area contributed by atoms with Crippen LogP contribution in [-0.2, 0) is 0 Å². The Labute approximate surface area is 148 Å². The van der Waals surface area contributed by atoms with Crippen LogP contribution >= 0.6 is 11.8 Å². The molecule has 126 valence electrons. The number of fused-ring (bicyclic) bond motifs is 2. The molecular formula is C20H24N2OS. The first-order valence-electron chi connectivity index (χ1n) is 8.46. The van der Waals surface area contributed by atoms with Crippen LogP contribution in [0.2, 0.25) is 0 Å². The van der Waals surface area contributed by atoms with E-state index in [1.165, 1.54) is 21.2 Å². The number of hydrogen-bond donors (Lipinski definition) is 0. The van der Waals surface area contributed by atoms with Crippen LogP contribution in [0.15, 0.2) is 52.3 Å². The minimum atomic E-state index is 0.205. The molecule has 0 aliphatic carbocycles. The van der Waals surface area contributed by atoms with Crippen molar-refractivity contribution in [3.63, 3.8) is 0 Å². The first kappa shape index (κ1) is 17.1. The van der Waals surface area contributed by atoms with Gasteiger partial charge in [-0.2, -0.15) is 0 Å². The molecule has 0 atom stereocenters. The molecule has 0 fully saturated rings. The van der Waals surface area contributed by atoms with Crippen LogP contribution in [0.5, 0.6) is 0 Å². The summed E-state index contributed by atoms with van der Waals surface area (Å²) in [5, 5.41) is 0. The zero-order chi connectivity index (χ0) is 17.1. The van der Waals surface area contributed by atoms with Crippen LogP contribution in [-0.4, -0.2) is 37.9 Å². The second kappa shape index (κ2) is 7.41. The summed E-state index contributed by atoms with van der Waals surface area (Å²) in [7, 11) is 4.22. The second-order valence-electron chi connectivity index (χ2n) is 6.34.